The number of aliphatic hydroxyl groups excluding tert-OH is 1. The van der Waals surface area contributed by atoms with Crippen molar-refractivity contribution in [2.75, 3.05) is 6.54 Å². The third-order valence-corrected chi connectivity index (χ3v) is 5.73. The first-order valence-corrected chi connectivity index (χ1v) is 9.67. The van der Waals surface area contributed by atoms with Crippen molar-refractivity contribution in [2.45, 2.75) is 37.5 Å². The Hall–Kier alpha value is -3.19. The number of aliphatic hydroxyl groups is 1. The molecule has 150 valence electrons. The molecule has 7 nitrogen and oxygen atoms in total. The van der Waals surface area contributed by atoms with Gasteiger partial charge in [-0.25, -0.2) is 4.79 Å². The van der Waals surface area contributed by atoms with Gasteiger partial charge in [0.25, 0.3) is 5.91 Å². The maximum Gasteiger partial charge on any atom is 0.325 e. The number of urea groups is 1. The minimum absolute atomic E-state index is 0.388. The molecule has 7 heteroatoms. The molecule has 1 spiro atoms. The Bertz CT molecular complexity index is 962. The molecule has 1 saturated heterocycles. The normalized spacial score (nSPS) is 22.3. The molecule has 0 bridgehead atoms. The molecule has 4 amide bonds. The number of aryl methyl sites for hydroxylation is 1. The average Bonchev–Trinajstić information content (AvgIpc) is 3.21. The van der Waals surface area contributed by atoms with E-state index in [9.17, 15) is 19.5 Å². The van der Waals surface area contributed by atoms with Gasteiger partial charge < -0.3 is 15.7 Å². The Labute approximate surface area is 168 Å². The van der Waals surface area contributed by atoms with Crippen LogP contribution in [-0.2, 0) is 21.5 Å². The van der Waals surface area contributed by atoms with Gasteiger partial charge in [-0.1, -0.05) is 54.6 Å². The van der Waals surface area contributed by atoms with Crippen molar-refractivity contribution < 1.29 is 19.5 Å². The van der Waals surface area contributed by atoms with Gasteiger partial charge >= 0.3 is 6.03 Å². The standard InChI is InChI=1S/C22H23N3O4/c1-14(19(27)16-8-3-2-4-9-16)23-18(26)13-25-20(28)22(24-21(25)29)12-11-15-7-5-6-10-17(15)22/h2-10,14,19,27H,11-13H2,1H3,(H,23,26)(H,24,29). The number of carbonyl (C=O) groups excluding carboxylic acids is 3. The molecule has 0 radical (unpaired) electrons. The van der Waals surface area contributed by atoms with Crippen LogP contribution in [-0.4, -0.2) is 40.4 Å². The molecule has 2 aromatic carbocycles. The van der Waals surface area contributed by atoms with Crippen LogP contribution in [0.3, 0.4) is 0 Å². The quantitative estimate of drug-likeness (QED) is 0.672. The third-order valence-electron chi connectivity index (χ3n) is 5.73. The van der Waals surface area contributed by atoms with Crippen LogP contribution in [0.1, 0.15) is 36.1 Å². The minimum Gasteiger partial charge on any atom is -0.386 e. The Morgan fingerprint density at radius 3 is 2.62 bits per heavy atom. The molecule has 1 aliphatic heterocycles. The van der Waals surface area contributed by atoms with Gasteiger partial charge in [0.2, 0.25) is 5.91 Å². The lowest BCUT2D eigenvalue weighted by molar-refractivity contribution is -0.135. The van der Waals surface area contributed by atoms with E-state index in [1.807, 2.05) is 30.3 Å². The van der Waals surface area contributed by atoms with Gasteiger partial charge in [-0.2, -0.15) is 0 Å². The molecule has 0 saturated carbocycles. The third kappa shape index (κ3) is 3.27. The highest BCUT2D eigenvalue weighted by atomic mass is 16.3. The molecule has 1 fully saturated rings. The van der Waals surface area contributed by atoms with E-state index in [1.165, 1.54) is 0 Å². The lowest BCUT2D eigenvalue weighted by Crippen LogP contribution is -2.46. The van der Waals surface area contributed by atoms with Gasteiger partial charge in [-0.05, 0) is 36.5 Å². The minimum atomic E-state index is -1.08. The highest BCUT2D eigenvalue weighted by molar-refractivity contribution is 6.09. The van der Waals surface area contributed by atoms with E-state index in [1.54, 1.807) is 31.2 Å². The van der Waals surface area contributed by atoms with Crippen molar-refractivity contribution in [1.29, 1.82) is 0 Å². The predicted molar refractivity (Wildman–Crippen MR) is 106 cm³/mol. The number of nitrogens with zero attached hydrogens (tertiary/aromatic N) is 1. The number of amides is 4. The van der Waals surface area contributed by atoms with Crippen LogP contribution >= 0.6 is 0 Å². The van der Waals surface area contributed by atoms with Crippen molar-refractivity contribution in [3.05, 3.63) is 71.3 Å². The van der Waals surface area contributed by atoms with E-state index in [4.69, 9.17) is 0 Å². The average molecular weight is 393 g/mol. The maximum absolute atomic E-state index is 13.1. The summed E-state index contributed by atoms with van der Waals surface area (Å²) in [6.07, 6.45) is 0.289. The fourth-order valence-corrected chi connectivity index (χ4v) is 4.19. The largest absolute Gasteiger partial charge is 0.386 e. The zero-order chi connectivity index (χ0) is 20.6. The summed E-state index contributed by atoms with van der Waals surface area (Å²) in [5.74, 6) is -0.904. The van der Waals surface area contributed by atoms with E-state index >= 15 is 0 Å². The number of imide groups is 1. The SMILES string of the molecule is CC(NC(=O)CN1C(=O)NC2(CCc3ccccc32)C1=O)C(O)c1ccccc1. The highest BCUT2D eigenvalue weighted by Crippen LogP contribution is 2.41. The number of fused-ring (bicyclic) bond motifs is 2. The Kier molecular flexibility index (Phi) is 4.84. The number of benzene rings is 2. The van der Waals surface area contributed by atoms with Crippen molar-refractivity contribution in [3.63, 3.8) is 0 Å². The smallest absolute Gasteiger partial charge is 0.325 e. The summed E-state index contributed by atoms with van der Waals surface area (Å²) in [7, 11) is 0. The maximum atomic E-state index is 13.1. The summed E-state index contributed by atoms with van der Waals surface area (Å²) in [5, 5.41) is 15.9. The van der Waals surface area contributed by atoms with Crippen molar-refractivity contribution in [3.8, 4) is 0 Å². The van der Waals surface area contributed by atoms with Crippen LogP contribution in [0.5, 0.6) is 0 Å². The molecule has 2 aliphatic rings. The second kappa shape index (κ2) is 7.33. The number of nitrogens with one attached hydrogen (secondary N) is 2. The van der Waals surface area contributed by atoms with Crippen LogP contribution in [0.2, 0.25) is 0 Å². The summed E-state index contributed by atoms with van der Waals surface area (Å²) < 4.78 is 0. The molecule has 4 rings (SSSR count). The van der Waals surface area contributed by atoms with Crippen LogP contribution < -0.4 is 10.6 Å². The summed E-state index contributed by atoms with van der Waals surface area (Å²) >= 11 is 0. The van der Waals surface area contributed by atoms with E-state index in [2.05, 4.69) is 10.6 Å². The van der Waals surface area contributed by atoms with E-state index in [-0.39, 0.29) is 6.54 Å². The van der Waals surface area contributed by atoms with Crippen LogP contribution in [0.15, 0.2) is 54.6 Å². The Morgan fingerprint density at radius 2 is 1.86 bits per heavy atom. The second-order valence-electron chi connectivity index (χ2n) is 7.60. The fourth-order valence-electron chi connectivity index (χ4n) is 4.19. The molecule has 1 heterocycles. The zero-order valence-electron chi connectivity index (χ0n) is 16.1. The number of hydrogen-bond acceptors (Lipinski definition) is 4. The van der Waals surface area contributed by atoms with E-state index in [0.717, 1.165) is 16.0 Å². The lowest BCUT2D eigenvalue weighted by Gasteiger charge is -2.23. The second-order valence-corrected chi connectivity index (χ2v) is 7.60. The Morgan fingerprint density at radius 1 is 1.17 bits per heavy atom. The molecule has 1 aliphatic carbocycles. The molecule has 0 aromatic heterocycles. The number of hydrogen-bond donors (Lipinski definition) is 3. The first kappa shape index (κ1) is 19.1. The number of rotatable bonds is 5. The van der Waals surface area contributed by atoms with Crippen molar-refractivity contribution in [2.24, 2.45) is 0 Å². The fraction of sp³-hybridized carbons (Fsp3) is 0.318. The first-order valence-electron chi connectivity index (χ1n) is 9.67. The molecule has 3 unspecified atom stereocenters. The molecular formula is C22H23N3O4. The van der Waals surface area contributed by atoms with Crippen LogP contribution in [0.4, 0.5) is 4.79 Å². The molecule has 2 aromatic rings. The molecule has 3 N–H and O–H groups in total. The summed E-state index contributed by atoms with van der Waals surface area (Å²) in [6.45, 7) is 1.29. The van der Waals surface area contributed by atoms with Gasteiger partial charge in [0.15, 0.2) is 0 Å². The predicted octanol–water partition coefficient (Wildman–Crippen LogP) is 1.62. The lowest BCUT2D eigenvalue weighted by atomic mass is 9.92. The van der Waals surface area contributed by atoms with Crippen LogP contribution in [0.25, 0.3) is 0 Å². The van der Waals surface area contributed by atoms with Gasteiger partial charge in [0, 0.05) is 0 Å². The Balaban J connectivity index is 1.44. The summed E-state index contributed by atoms with van der Waals surface area (Å²) in [4.78, 5) is 39.0. The number of carbonyl (C=O) groups is 3. The zero-order valence-corrected chi connectivity index (χ0v) is 16.1. The summed E-state index contributed by atoms with van der Waals surface area (Å²) in [6, 6.07) is 15.4. The first-order chi connectivity index (χ1) is 13.9. The van der Waals surface area contributed by atoms with E-state index in [0.29, 0.717) is 18.4 Å². The molecule has 3 atom stereocenters. The van der Waals surface area contributed by atoms with Gasteiger partial charge in [0.1, 0.15) is 12.1 Å². The molecular weight excluding hydrogens is 370 g/mol. The van der Waals surface area contributed by atoms with Gasteiger partial charge in [-0.3, -0.25) is 14.5 Å². The monoisotopic (exact) mass is 393 g/mol. The van der Waals surface area contributed by atoms with Gasteiger partial charge in [0.05, 0.1) is 12.1 Å². The summed E-state index contributed by atoms with van der Waals surface area (Å²) in [5.41, 5.74) is 1.43. The van der Waals surface area contributed by atoms with Gasteiger partial charge in [-0.15, -0.1) is 0 Å². The van der Waals surface area contributed by atoms with Crippen LogP contribution in [0, 0.1) is 0 Å². The van der Waals surface area contributed by atoms with Crippen molar-refractivity contribution >= 4 is 17.8 Å². The van der Waals surface area contributed by atoms with E-state index < -0.39 is 35.5 Å². The molecule has 29 heavy (non-hydrogen) atoms. The highest BCUT2D eigenvalue weighted by Gasteiger charge is 2.55. The van der Waals surface area contributed by atoms with Crippen molar-refractivity contribution in [1.82, 2.24) is 15.5 Å². The topological polar surface area (TPSA) is 98.7 Å².